The zero-order chi connectivity index (χ0) is 23.2. The number of rotatable bonds is 6. The van der Waals surface area contributed by atoms with E-state index >= 15 is 0 Å². The van der Waals surface area contributed by atoms with Gasteiger partial charge in [0.1, 0.15) is 5.82 Å². The summed E-state index contributed by atoms with van der Waals surface area (Å²) in [6.07, 6.45) is 0. The van der Waals surface area contributed by atoms with Crippen LogP contribution in [-0.4, -0.2) is 49.4 Å². The normalized spacial score (nSPS) is 14.1. The molecule has 3 aromatic rings. The summed E-state index contributed by atoms with van der Waals surface area (Å²) in [5.41, 5.74) is 3.71. The minimum Gasteiger partial charge on any atom is -0.369 e. The largest absolute Gasteiger partial charge is 0.369 e. The van der Waals surface area contributed by atoms with E-state index in [1.807, 2.05) is 0 Å². The second-order valence-electron chi connectivity index (χ2n) is 8.16. The lowest BCUT2D eigenvalue weighted by Crippen LogP contribution is -2.48. The molecule has 0 radical (unpaired) electrons. The van der Waals surface area contributed by atoms with Crippen molar-refractivity contribution in [2.24, 2.45) is 0 Å². The van der Waals surface area contributed by atoms with Crippen molar-refractivity contribution < 1.29 is 14.0 Å². The van der Waals surface area contributed by atoms with E-state index in [-0.39, 0.29) is 24.2 Å². The number of carbonyl (C=O) groups is 2. The molecule has 2 N–H and O–H groups in total. The molecule has 3 aromatic carbocycles. The van der Waals surface area contributed by atoms with Crippen LogP contribution in [0.2, 0.25) is 0 Å². The molecule has 0 atom stereocenters. The zero-order valence-corrected chi connectivity index (χ0v) is 18.6. The van der Waals surface area contributed by atoms with Gasteiger partial charge in [-0.25, -0.2) is 4.39 Å². The average molecular weight is 447 g/mol. The number of nitrogens with one attached hydrogen (secondary N) is 2. The van der Waals surface area contributed by atoms with Crippen molar-refractivity contribution in [3.8, 4) is 0 Å². The fraction of sp³-hybridized carbons (Fsp3) is 0.231. The third-order valence-electron chi connectivity index (χ3n) is 5.65. The van der Waals surface area contributed by atoms with E-state index < -0.39 is 0 Å². The van der Waals surface area contributed by atoms with Crippen LogP contribution in [-0.2, 0) is 4.79 Å². The van der Waals surface area contributed by atoms with Gasteiger partial charge >= 0.3 is 0 Å². The standard InChI is InChI=1S/C26H27FN4O2/c1-19-5-4-6-22(17-19)31-15-13-30(14-16-31)18-25(32)29-24-8-3-2-7-23(24)26(33)28-21-11-9-20(27)10-12-21/h2-12,17H,13-16,18H2,1H3,(H,28,33)(H,29,32). The molecule has 0 bridgehead atoms. The smallest absolute Gasteiger partial charge is 0.257 e. The molecule has 1 saturated heterocycles. The van der Waals surface area contributed by atoms with Crippen LogP contribution in [0.3, 0.4) is 0 Å². The van der Waals surface area contributed by atoms with Gasteiger partial charge in [-0.3, -0.25) is 14.5 Å². The molecule has 1 aliphatic rings. The first-order valence-corrected chi connectivity index (χ1v) is 11.0. The number of nitrogens with zero attached hydrogens (tertiary/aromatic N) is 2. The number of benzene rings is 3. The van der Waals surface area contributed by atoms with Crippen molar-refractivity contribution in [3.05, 3.63) is 89.7 Å². The molecule has 0 unspecified atom stereocenters. The average Bonchev–Trinajstić information content (AvgIpc) is 2.81. The first-order chi connectivity index (χ1) is 16.0. The van der Waals surface area contributed by atoms with Crippen molar-refractivity contribution >= 4 is 28.9 Å². The van der Waals surface area contributed by atoms with Crippen LogP contribution in [0.5, 0.6) is 0 Å². The van der Waals surface area contributed by atoms with Crippen LogP contribution in [0.4, 0.5) is 21.5 Å². The number of piperazine rings is 1. The molecule has 1 aliphatic heterocycles. The molecule has 2 amide bonds. The Hall–Kier alpha value is -3.71. The van der Waals surface area contributed by atoms with E-state index in [2.05, 4.69) is 51.6 Å². The summed E-state index contributed by atoms with van der Waals surface area (Å²) < 4.78 is 13.1. The fourth-order valence-electron chi connectivity index (χ4n) is 3.90. The summed E-state index contributed by atoms with van der Waals surface area (Å²) >= 11 is 0. The van der Waals surface area contributed by atoms with Crippen LogP contribution in [0, 0.1) is 12.7 Å². The number of amides is 2. The molecule has 1 fully saturated rings. The summed E-state index contributed by atoms with van der Waals surface area (Å²) in [4.78, 5) is 29.9. The second-order valence-corrected chi connectivity index (χ2v) is 8.16. The number of halogens is 1. The Morgan fingerprint density at radius 1 is 0.879 bits per heavy atom. The Kier molecular flexibility index (Phi) is 7.00. The highest BCUT2D eigenvalue weighted by Gasteiger charge is 2.20. The minimum absolute atomic E-state index is 0.166. The van der Waals surface area contributed by atoms with Crippen LogP contribution < -0.4 is 15.5 Å². The maximum Gasteiger partial charge on any atom is 0.257 e. The second kappa shape index (κ2) is 10.3. The topological polar surface area (TPSA) is 64.7 Å². The summed E-state index contributed by atoms with van der Waals surface area (Å²) in [6, 6.07) is 20.8. The van der Waals surface area contributed by atoms with E-state index in [1.54, 1.807) is 24.3 Å². The number of aryl methyl sites for hydroxylation is 1. The van der Waals surface area contributed by atoms with Crippen LogP contribution in [0.15, 0.2) is 72.8 Å². The van der Waals surface area contributed by atoms with Crippen molar-refractivity contribution in [1.82, 2.24) is 4.90 Å². The van der Waals surface area contributed by atoms with Crippen molar-refractivity contribution in [1.29, 1.82) is 0 Å². The lowest BCUT2D eigenvalue weighted by atomic mass is 10.1. The molecule has 0 aromatic heterocycles. The Labute approximate surface area is 193 Å². The fourth-order valence-corrected chi connectivity index (χ4v) is 3.90. The van der Waals surface area contributed by atoms with E-state index in [1.165, 1.54) is 35.5 Å². The highest BCUT2D eigenvalue weighted by Crippen LogP contribution is 2.19. The molecule has 170 valence electrons. The molecular formula is C26H27FN4O2. The van der Waals surface area contributed by atoms with Gasteiger partial charge in [0.15, 0.2) is 0 Å². The Morgan fingerprint density at radius 3 is 2.33 bits per heavy atom. The van der Waals surface area contributed by atoms with Crippen molar-refractivity contribution in [2.75, 3.05) is 48.3 Å². The maximum atomic E-state index is 13.1. The monoisotopic (exact) mass is 446 g/mol. The summed E-state index contributed by atoms with van der Waals surface area (Å²) in [6.45, 7) is 5.63. The summed E-state index contributed by atoms with van der Waals surface area (Å²) in [7, 11) is 0. The number of anilines is 3. The predicted molar refractivity (Wildman–Crippen MR) is 129 cm³/mol. The van der Waals surface area contributed by atoms with E-state index in [4.69, 9.17) is 0 Å². The lowest BCUT2D eigenvalue weighted by Gasteiger charge is -2.35. The van der Waals surface area contributed by atoms with Gasteiger partial charge in [0.25, 0.3) is 5.91 Å². The van der Waals surface area contributed by atoms with Gasteiger partial charge in [0, 0.05) is 37.6 Å². The maximum absolute atomic E-state index is 13.1. The van der Waals surface area contributed by atoms with Crippen LogP contribution in [0.25, 0.3) is 0 Å². The minimum atomic E-state index is -0.375. The highest BCUT2D eigenvalue weighted by atomic mass is 19.1. The first kappa shape index (κ1) is 22.5. The Balaban J connectivity index is 1.33. The number of hydrogen-bond donors (Lipinski definition) is 2. The van der Waals surface area contributed by atoms with E-state index in [9.17, 15) is 14.0 Å². The molecule has 0 aliphatic carbocycles. The van der Waals surface area contributed by atoms with Gasteiger partial charge in [-0.1, -0.05) is 24.3 Å². The number of carbonyl (C=O) groups excluding carboxylic acids is 2. The van der Waals surface area contributed by atoms with Gasteiger partial charge in [-0.2, -0.15) is 0 Å². The number of hydrogen-bond acceptors (Lipinski definition) is 4. The predicted octanol–water partition coefficient (Wildman–Crippen LogP) is 4.15. The summed E-state index contributed by atoms with van der Waals surface area (Å²) in [5.74, 6) is -0.911. The summed E-state index contributed by atoms with van der Waals surface area (Å²) in [5, 5.41) is 5.60. The third-order valence-corrected chi connectivity index (χ3v) is 5.65. The molecule has 0 spiro atoms. The molecule has 1 heterocycles. The van der Waals surface area contributed by atoms with Gasteiger partial charge in [0.05, 0.1) is 17.8 Å². The van der Waals surface area contributed by atoms with Crippen molar-refractivity contribution in [3.63, 3.8) is 0 Å². The van der Waals surface area contributed by atoms with Gasteiger partial charge in [-0.05, 0) is 61.0 Å². The Bertz CT molecular complexity index is 1130. The van der Waals surface area contributed by atoms with Gasteiger partial charge in [0.2, 0.25) is 5.91 Å². The SMILES string of the molecule is Cc1cccc(N2CCN(CC(=O)Nc3ccccc3C(=O)Nc3ccc(F)cc3)CC2)c1. The van der Waals surface area contributed by atoms with Crippen LogP contribution in [0.1, 0.15) is 15.9 Å². The first-order valence-electron chi connectivity index (χ1n) is 11.0. The quantitative estimate of drug-likeness (QED) is 0.597. The molecule has 6 nitrogen and oxygen atoms in total. The third kappa shape index (κ3) is 5.96. The molecular weight excluding hydrogens is 419 g/mol. The molecule has 7 heteroatoms. The lowest BCUT2D eigenvalue weighted by molar-refractivity contribution is -0.117. The molecule has 4 rings (SSSR count). The zero-order valence-electron chi connectivity index (χ0n) is 18.6. The van der Waals surface area contributed by atoms with E-state index in [0.717, 1.165) is 26.2 Å². The van der Waals surface area contributed by atoms with E-state index in [0.29, 0.717) is 16.9 Å². The van der Waals surface area contributed by atoms with Gasteiger partial charge < -0.3 is 15.5 Å². The van der Waals surface area contributed by atoms with Crippen molar-refractivity contribution in [2.45, 2.75) is 6.92 Å². The number of para-hydroxylation sites is 1. The van der Waals surface area contributed by atoms with Gasteiger partial charge in [-0.15, -0.1) is 0 Å². The van der Waals surface area contributed by atoms with Crippen LogP contribution >= 0.6 is 0 Å². The molecule has 33 heavy (non-hydrogen) atoms. The Morgan fingerprint density at radius 2 is 1.61 bits per heavy atom. The molecule has 0 saturated carbocycles. The highest BCUT2D eigenvalue weighted by molar-refractivity contribution is 6.10.